The number of aliphatic imine (C=N–C) groups is 1. The SMILES string of the molecule is CN=C(NCc1ccc(S(C)(=O)=O)c(C)c1)NCc1ccccc1N1CCOCC1. The van der Waals surface area contributed by atoms with E-state index in [4.69, 9.17) is 4.74 Å². The Bertz CT molecular complexity index is 999. The maximum absolute atomic E-state index is 11.8. The lowest BCUT2D eigenvalue weighted by atomic mass is 10.1. The number of guanidine groups is 1. The third kappa shape index (κ3) is 5.73. The van der Waals surface area contributed by atoms with Crippen LogP contribution < -0.4 is 15.5 Å². The maximum Gasteiger partial charge on any atom is 0.191 e. The van der Waals surface area contributed by atoms with Crippen LogP contribution in [0.5, 0.6) is 0 Å². The average molecular weight is 431 g/mol. The Kier molecular flexibility index (Phi) is 7.33. The molecule has 1 fully saturated rings. The number of nitrogens with one attached hydrogen (secondary N) is 2. The van der Waals surface area contributed by atoms with Gasteiger partial charge in [-0.2, -0.15) is 0 Å². The predicted octanol–water partition coefficient (Wildman–Crippen LogP) is 2.10. The Hall–Kier alpha value is -2.58. The summed E-state index contributed by atoms with van der Waals surface area (Å²) >= 11 is 0. The minimum Gasteiger partial charge on any atom is -0.378 e. The normalized spacial score (nSPS) is 15.2. The number of nitrogens with zero attached hydrogens (tertiary/aromatic N) is 2. The molecule has 0 unspecified atom stereocenters. The molecule has 0 radical (unpaired) electrons. The van der Waals surface area contributed by atoms with Crippen LogP contribution >= 0.6 is 0 Å². The first-order valence-corrected chi connectivity index (χ1v) is 11.9. The monoisotopic (exact) mass is 430 g/mol. The molecule has 8 heteroatoms. The van der Waals surface area contributed by atoms with Crippen LogP contribution in [0, 0.1) is 6.92 Å². The van der Waals surface area contributed by atoms with E-state index in [9.17, 15) is 8.42 Å². The van der Waals surface area contributed by atoms with Crippen molar-refractivity contribution in [3.8, 4) is 0 Å². The zero-order valence-electron chi connectivity index (χ0n) is 17.8. The van der Waals surface area contributed by atoms with Crippen molar-refractivity contribution in [3.63, 3.8) is 0 Å². The van der Waals surface area contributed by atoms with Crippen LogP contribution in [-0.2, 0) is 27.7 Å². The Morgan fingerprint density at radius 3 is 2.47 bits per heavy atom. The molecule has 0 aromatic heterocycles. The molecular formula is C22H30N4O3S. The van der Waals surface area contributed by atoms with Crippen molar-refractivity contribution >= 4 is 21.5 Å². The molecule has 1 heterocycles. The first-order chi connectivity index (χ1) is 14.4. The van der Waals surface area contributed by atoms with Gasteiger partial charge in [0.25, 0.3) is 0 Å². The van der Waals surface area contributed by atoms with Gasteiger partial charge in [-0.15, -0.1) is 0 Å². The van der Waals surface area contributed by atoms with Gasteiger partial charge < -0.3 is 20.3 Å². The molecule has 0 amide bonds. The first-order valence-electron chi connectivity index (χ1n) is 10.0. The summed E-state index contributed by atoms with van der Waals surface area (Å²) in [7, 11) is -1.47. The van der Waals surface area contributed by atoms with Gasteiger partial charge in [0.1, 0.15) is 0 Å². The summed E-state index contributed by atoms with van der Waals surface area (Å²) in [4.78, 5) is 7.02. The van der Waals surface area contributed by atoms with Gasteiger partial charge in [-0.3, -0.25) is 4.99 Å². The van der Waals surface area contributed by atoms with Crippen molar-refractivity contribution in [1.82, 2.24) is 10.6 Å². The van der Waals surface area contributed by atoms with E-state index in [0.29, 0.717) is 23.9 Å². The van der Waals surface area contributed by atoms with E-state index >= 15 is 0 Å². The molecule has 1 aliphatic rings. The zero-order valence-corrected chi connectivity index (χ0v) is 18.6. The summed E-state index contributed by atoms with van der Waals surface area (Å²) in [5.41, 5.74) is 4.17. The number of hydrogen-bond acceptors (Lipinski definition) is 5. The third-order valence-corrected chi connectivity index (χ3v) is 6.37. The van der Waals surface area contributed by atoms with Gasteiger partial charge in [0.2, 0.25) is 0 Å². The van der Waals surface area contributed by atoms with Gasteiger partial charge in [0.05, 0.1) is 18.1 Å². The second kappa shape index (κ2) is 9.95. The molecule has 0 saturated carbocycles. The molecule has 3 rings (SSSR count). The molecule has 0 bridgehead atoms. The van der Waals surface area contributed by atoms with E-state index in [1.54, 1.807) is 13.1 Å². The Morgan fingerprint density at radius 1 is 1.10 bits per heavy atom. The molecule has 30 heavy (non-hydrogen) atoms. The van der Waals surface area contributed by atoms with Gasteiger partial charge in [-0.05, 0) is 35.7 Å². The smallest absolute Gasteiger partial charge is 0.191 e. The predicted molar refractivity (Wildman–Crippen MR) is 121 cm³/mol. The maximum atomic E-state index is 11.8. The number of morpholine rings is 1. The standard InChI is InChI=1S/C22H30N4O3S/c1-17-14-18(8-9-21(17)30(3,27)28)15-24-22(23-2)25-16-19-6-4-5-7-20(19)26-10-12-29-13-11-26/h4-9,14H,10-13,15-16H2,1-3H3,(H2,23,24,25). The second-order valence-corrected chi connectivity index (χ2v) is 9.36. The summed E-state index contributed by atoms with van der Waals surface area (Å²) in [6.07, 6.45) is 1.23. The van der Waals surface area contributed by atoms with Crippen LogP contribution in [0.25, 0.3) is 0 Å². The van der Waals surface area contributed by atoms with Crippen LogP contribution in [0.2, 0.25) is 0 Å². The molecule has 1 aliphatic heterocycles. The van der Waals surface area contributed by atoms with Gasteiger partial charge in [-0.25, -0.2) is 8.42 Å². The van der Waals surface area contributed by atoms with Crippen LogP contribution in [0.1, 0.15) is 16.7 Å². The van der Waals surface area contributed by atoms with Crippen molar-refractivity contribution in [2.75, 3.05) is 44.5 Å². The highest BCUT2D eigenvalue weighted by atomic mass is 32.2. The molecule has 2 N–H and O–H groups in total. The summed E-state index contributed by atoms with van der Waals surface area (Å²) < 4.78 is 29.0. The fourth-order valence-electron chi connectivity index (χ4n) is 3.60. The third-order valence-electron chi connectivity index (χ3n) is 5.11. The van der Waals surface area contributed by atoms with E-state index in [-0.39, 0.29) is 0 Å². The molecule has 1 saturated heterocycles. The molecule has 0 atom stereocenters. The molecular weight excluding hydrogens is 400 g/mol. The highest BCUT2D eigenvalue weighted by molar-refractivity contribution is 7.90. The number of rotatable bonds is 6. The Labute approximate surface area is 179 Å². The Balaban J connectivity index is 1.60. The number of anilines is 1. The number of para-hydroxylation sites is 1. The van der Waals surface area contributed by atoms with Crippen molar-refractivity contribution < 1.29 is 13.2 Å². The van der Waals surface area contributed by atoms with E-state index in [2.05, 4.69) is 38.7 Å². The number of benzene rings is 2. The van der Waals surface area contributed by atoms with Crippen molar-refractivity contribution in [2.45, 2.75) is 24.9 Å². The van der Waals surface area contributed by atoms with Gasteiger partial charge in [-0.1, -0.05) is 30.3 Å². The van der Waals surface area contributed by atoms with E-state index in [1.807, 2.05) is 25.1 Å². The topological polar surface area (TPSA) is 83.0 Å². The Morgan fingerprint density at radius 2 is 1.80 bits per heavy atom. The lowest BCUT2D eigenvalue weighted by Gasteiger charge is -2.30. The minimum absolute atomic E-state index is 0.369. The van der Waals surface area contributed by atoms with E-state index < -0.39 is 9.84 Å². The number of sulfone groups is 1. The fourth-order valence-corrected chi connectivity index (χ4v) is 4.55. The van der Waals surface area contributed by atoms with Gasteiger partial charge >= 0.3 is 0 Å². The molecule has 2 aromatic carbocycles. The molecule has 0 aliphatic carbocycles. The van der Waals surface area contributed by atoms with E-state index in [1.165, 1.54) is 17.5 Å². The van der Waals surface area contributed by atoms with E-state index in [0.717, 1.165) is 37.4 Å². The first kappa shape index (κ1) is 22.1. The quantitative estimate of drug-likeness (QED) is 0.540. The van der Waals surface area contributed by atoms with Crippen LogP contribution in [0.15, 0.2) is 52.4 Å². The molecule has 162 valence electrons. The van der Waals surface area contributed by atoms with Crippen LogP contribution in [0.3, 0.4) is 0 Å². The highest BCUT2D eigenvalue weighted by Crippen LogP contribution is 2.21. The van der Waals surface area contributed by atoms with Gasteiger partial charge in [0, 0.05) is 45.2 Å². The van der Waals surface area contributed by atoms with Crippen molar-refractivity contribution in [3.05, 3.63) is 59.2 Å². The van der Waals surface area contributed by atoms with Crippen LogP contribution in [-0.4, -0.2) is 54.0 Å². The molecule has 0 spiro atoms. The molecule has 2 aromatic rings. The fraction of sp³-hybridized carbons (Fsp3) is 0.409. The lowest BCUT2D eigenvalue weighted by molar-refractivity contribution is 0.122. The zero-order chi connectivity index (χ0) is 21.6. The van der Waals surface area contributed by atoms with Crippen molar-refractivity contribution in [1.29, 1.82) is 0 Å². The van der Waals surface area contributed by atoms with Gasteiger partial charge in [0.15, 0.2) is 15.8 Å². The second-order valence-electron chi connectivity index (χ2n) is 7.38. The van der Waals surface area contributed by atoms with Crippen molar-refractivity contribution in [2.24, 2.45) is 4.99 Å². The summed E-state index contributed by atoms with van der Waals surface area (Å²) in [6, 6.07) is 13.8. The molecule has 7 nitrogen and oxygen atoms in total. The largest absolute Gasteiger partial charge is 0.378 e. The number of ether oxygens (including phenoxy) is 1. The number of hydrogen-bond donors (Lipinski definition) is 2. The highest BCUT2D eigenvalue weighted by Gasteiger charge is 2.15. The number of aryl methyl sites for hydroxylation is 1. The minimum atomic E-state index is -3.21. The average Bonchev–Trinajstić information content (AvgIpc) is 2.74. The lowest BCUT2D eigenvalue weighted by Crippen LogP contribution is -2.39. The summed E-state index contributed by atoms with van der Waals surface area (Å²) in [5, 5.41) is 6.67. The van der Waals surface area contributed by atoms with Crippen LogP contribution in [0.4, 0.5) is 5.69 Å². The summed E-state index contributed by atoms with van der Waals surface area (Å²) in [5.74, 6) is 0.691. The summed E-state index contributed by atoms with van der Waals surface area (Å²) in [6.45, 7) is 6.31.